The van der Waals surface area contributed by atoms with E-state index in [0.717, 1.165) is 6.26 Å². The highest BCUT2D eigenvalue weighted by molar-refractivity contribution is 7.90. The quantitative estimate of drug-likeness (QED) is 0.204. The van der Waals surface area contributed by atoms with Crippen molar-refractivity contribution in [3.05, 3.63) is 53.6 Å². The number of hydrogen-bond acceptors (Lipinski definition) is 11. The lowest BCUT2D eigenvalue weighted by Crippen LogP contribution is -2.13. The maximum absolute atomic E-state index is 12.5. The molecule has 0 aliphatic rings. The summed E-state index contributed by atoms with van der Waals surface area (Å²) in [6.07, 6.45) is 2.92. The minimum absolute atomic E-state index is 0.0393. The number of amides is 1. The molecule has 37 heavy (non-hydrogen) atoms. The third kappa shape index (κ3) is 7.66. The number of aromatic nitrogens is 2. The number of rotatable bonds is 12. The first-order valence-electron chi connectivity index (χ1n) is 10.8. The molecule has 0 unspecified atom stereocenters. The summed E-state index contributed by atoms with van der Waals surface area (Å²) in [6, 6.07) is 14.1. The summed E-state index contributed by atoms with van der Waals surface area (Å²) in [4.78, 5) is 16.2. The monoisotopic (exact) mass is 544 g/mol. The molecule has 0 saturated carbocycles. The predicted octanol–water partition coefficient (Wildman–Crippen LogP) is 3.35. The van der Waals surface area contributed by atoms with E-state index in [9.17, 15) is 18.5 Å². The van der Waals surface area contributed by atoms with Gasteiger partial charge in [-0.05, 0) is 35.9 Å². The van der Waals surface area contributed by atoms with Crippen molar-refractivity contribution in [2.75, 3.05) is 39.0 Å². The van der Waals surface area contributed by atoms with E-state index in [1.54, 1.807) is 25.3 Å². The summed E-state index contributed by atoms with van der Waals surface area (Å²) in [7, 11) is -0.550. The number of hydrogen-bond donors (Lipinski definition) is 1. The third-order valence-corrected chi connectivity index (χ3v) is 6.29. The van der Waals surface area contributed by atoms with Crippen molar-refractivity contribution >= 4 is 38.5 Å². The predicted molar refractivity (Wildman–Crippen MR) is 137 cm³/mol. The van der Waals surface area contributed by atoms with Crippen LogP contribution in [-0.2, 0) is 14.6 Å². The molecule has 3 rings (SSSR count). The average Bonchev–Trinajstić information content (AvgIpc) is 3.36. The van der Waals surface area contributed by atoms with Gasteiger partial charge < -0.3 is 18.9 Å². The van der Waals surface area contributed by atoms with Crippen molar-refractivity contribution in [1.29, 1.82) is 5.26 Å². The van der Waals surface area contributed by atoms with Crippen LogP contribution < -0.4 is 24.3 Å². The smallest absolute Gasteiger partial charge is 0.268 e. The van der Waals surface area contributed by atoms with Gasteiger partial charge >= 0.3 is 0 Å². The van der Waals surface area contributed by atoms with E-state index in [2.05, 4.69) is 14.7 Å². The fourth-order valence-electron chi connectivity index (χ4n) is 2.95. The molecule has 11 nitrogen and oxygen atoms in total. The molecule has 1 amide bonds. The van der Waals surface area contributed by atoms with Gasteiger partial charge in [-0.25, -0.2) is 8.42 Å². The van der Waals surface area contributed by atoms with Crippen LogP contribution in [0.15, 0.2) is 53.2 Å². The van der Waals surface area contributed by atoms with Crippen LogP contribution in [0.4, 0.5) is 5.13 Å². The fourth-order valence-corrected chi connectivity index (χ4v) is 4.38. The van der Waals surface area contributed by atoms with Gasteiger partial charge in [0.15, 0.2) is 23.0 Å². The Morgan fingerprint density at radius 3 is 2.30 bits per heavy atom. The second kappa shape index (κ2) is 12.7. The van der Waals surface area contributed by atoms with Crippen LogP contribution in [0.2, 0.25) is 0 Å². The first kappa shape index (κ1) is 27.4. The number of benzene rings is 2. The Kier molecular flexibility index (Phi) is 9.42. The van der Waals surface area contributed by atoms with E-state index in [1.807, 2.05) is 30.3 Å². The van der Waals surface area contributed by atoms with Gasteiger partial charge in [0.2, 0.25) is 15.0 Å². The molecule has 0 radical (unpaired) electrons. The van der Waals surface area contributed by atoms with E-state index in [-0.39, 0.29) is 10.7 Å². The Bertz CT molecular complexity index is 1430. The molecule has 2 aromatic carbocycles. The Hall–Kier alpha value is -4.15. The van der Waals surface area contributed by atoms with Crippen LogP contribution in [0.1, 0.15) is 12.0 Å². The number of sulfone groups is 1. The van der Waals surface area contributed by atoms with Crippen LogP contribution in [0, 0.1) is 11.3 Å². The van der Waals surface area contributed by atoms with Gasteiger partial charge in [0, 0.05) is 24.2 Å². The number of ether oxygens (including phenoxy) is 4. The standard InChI is InChI=1S/C24H24N4O7S2/c1-32-18-7-4-5-8-19(18)34-11-6-12-35-20-10-9-16(14-21(20)33-2)13-17(15-25)22(29)26-23-27-24(28-36-23)37(3,30)31/h4-5,7-10,13-14H,6,11-12H2,1-3H3,(H,26,27,28,29). The first-order valence-corrected chi connectivity index (χ1v) is 13.4. The number of methoxy groups -OCH3 is 2. The van der Waals surface area contributed by atoms with Gasteiger partial charge in [-0.15, -0.1) is 0 Å². The summed E-state index contributed by atoms with van der Waals surface area (Å²) >= 11 is 0.698. The second-order valence-electron chi connectivity index (χ2n) is 7.39. The number of carbonyl (C=O) groups is 1. The van der Waals surface area contributed by atoms with Gasteiger partial charge in [-0.1, -0.05) is 18.2 Å². The van der Waals surface area contributed by atoms with Crippen molar-refractivity contribution in [3.8, 4) is 29.1 Å². The summed E-state index contributed by atoms with van der Waals surface area (Å²) in [5.41, 5.74) is 0.296. The maximum atomic E-state index is 12.5. The maximum Gasteiger partial charge on any atom is 0.268 e. The Labute approximate surface area is 218 Å². The first-order chi connectivity index (χ1) is 17.7. The molecule has 194 valence electrons. The van der Waals surface area contributed by atoms with Gasteiger partial charge in [-0.3, -0.25) is 10.1 Å². The van der Waals surface area contributed by atoms with Gasteiger partial charge in [0.1, 0.15) is 11.6 Å². The minimum Gasteiger partial charge on any atom is -0.493 e. The van der Waals surface area contributed by atoms with Crippen LogP contribution in [0.25, 0.3) is 6.08 Å². The molecule has 13 heteroatoms. The Morgan fingerprint density at radius 1 is 1.05 bits per heavy atom. The molecular formula is C24H24N4O7S2. The molecule has 3 aromatic rings. The van der Waals surface area contributed by atoms with Gasteiger partial charge in [0.25, 0.3) is 11.1 Å². The topological polar surface area (TPSA) is 150 Å². The molecule has 0 aliphatic heterocycles. The number of nitrogens with one attached hydrogen (secondary N) is 1. The largest absolute Gasteiger partial charge is 0.493 e. The number of para-hydroxylation sites is 2. The van der Waals surface area contributed by atoms with E-state index >= 15 is 0 Å². The van der Waals surface area contributed by atoms with Crippen molar-refractivity contribution in [2.24, 2.45) is 0 Å². The Morgan fingerprint density at radius 2 is 1.70 bits per heavy atom. The SMILES string of the molecule is COc1ccccc1OCCCOc1ccc(C=C(C#N)C(=O)Nc2nc(S(C)(=O)=O)ns2)cc1OC. The summed E-state index contributed by atoms with van der Waals surface area (Å²) in [6.45, 7) is 0.786. The second-order valence-corrected chi connectivity index (χ2v) is 10.1. The van der Waals surface area contributed by atoms with Crippen molar-refractivity contribution in [1.82, 2.24) is 9.36 Å². The number of nitriles is 1. The van der Waals surface area contributed by atoms with Crippen LogP contribution >= 0.6 is 11.5 Å². The van der Waals surface area contributed by atoms with E-state index < -0.39 is 20.9 Å². The molecule has 0 saturated heterocycles. The average molecular weight is 545 g/mol. The zero-order valence-corrected chi connectivity index (χ0v) is 21.9. The molecule has 1 N–H and O–H groups in total. The highest BCUT2D eigenvalue weighted by Crippen LogP contribution is 2.30. The molecule has 1 aromatic heterocycles. The number of carbonyl (C=O) groups excluding carboxylic acids is 1. The molecule has 0 spiro atoms. The lowest BCUT2D eigenvalue weighted by molar-refractivity contribution is -0.112. The molecule has 1 heterocycles. The summed E-state index contributed by atoms with van der Waals surface area (Å²) in [5, 5.41) is 11.4. The number of anilines is 1. The number of nitrogens with zero attached hydrogens (tertiary/aromatic N) is 3. The summed E-state index contributed by atoms with van der Waals surface area (Å²) < 4.78 is 48.9. The van der Waals surface area contributed by atoms with E-state index in [1.165, 1.54) is 13.2 Å². The van der Waals surface area contributed by atoms with E-state index in [4.69, 9.17) is 18.9 Å². The lowest BCUT2D eigenvalue weighted by Gasteiger charge is -2.13. The highest BCUT2D eigenvalue weighted by Gasteiger charge is 2.18. The summed E-state index contributed by atoms with van der Waals surface area (Å²) in [5.74, 6) is 1.45. The zero-order valence-electron chi connectivity index (χ0n) is 20.3. The van der Waals surface area contributed by atoms with Gasteiger partial charge in [0.05, 0.1) is 27.4 Å². The third-order valence-electron chi connectivity index (χ3n) is 4.70. The Balaban J connectivity index is 1.60. The molecular weight excluding hydrogens is 520 g/mol. The van der Waals surface area contributed by atoms with Crippen LogP contribution in [0.3, 0.4) is 0 Å². The van der Waals surface area contributed by atoms with E-state index in [0.29, 0.717) is 59.7 Å². The van der Waals surface area contributed by atoms with Crippen molar-refractivity contribution in [3.63, 3.8) is 0 Å². The molecule has 0 fully saturated rings. The van der Waals surface area contributed by atoms with Crippen LogP contribution in [0.5, 0.6) is 23.0 Å². The molecule has 0 aliphatic carbocycles. The van der Waals surface area contributed by atoms with Crippen molar-refractivity contribution < 1.29 is 32.2 Å². The normalized spacial score (nSPS) is 11.4. The fraction of sp³-hybridized carbons (Fsp3) is 0.250. The molecule has 0 bridgehead atoms. The highest BCUT2D eigenvalue weighted by atomic mass is 32.2. The van der Waals surface area contributed by atoms with Gasteiger partial charge in [-0.2, -0.15) is 14.6 Å². The molecule has 0 atom stereocenters. The van der Waals surface area contributed by atoms with Crippen molar-refractivity contribution in [2.45, 2.75) is 11.6 Å². The lowest BCUT2D eigenvalue weighted by atomic mass is 10.1. The zero-order chi connectivity index (χ0) is 26.8. The van der Waals surface area contributed by atoms with Crippen LogP contribution in [-0.4, -0.2) is 57.4 Å². The minimum atomic E-state index is -3.61.